The minimum atomic E-state index is 0.0729. The Labute approximate surface area is 74.9 Å². The van der Waals surface area contributed by atoms with Crippen molar-refractivity contribution in [2.24, 2.45) is 5.92 Å². The molecule has 0 aromatic rings. The molecule has 0 aliphatic carbocycles. The Hall–Kier alpha value is -0.530. The van der Waals surface area contributed by atoms with Crippen molar-refractivity contribution in [3.05, 3.63) is 0 Å². The van der Waals surface area contributed by atoms with Crippen LogP contribution in [0.5, 0.6) is 0 Å². The fraction of sp³-hybridized carbons (Fsp3) is 0.900. The smallest absolute Gasteiger partial charge is 0.219 e. The largest absolute Gasteiger partial charge is 0.338 e. The summed E-state index contributed by atoms with van der Waals surface area (Å²) in [4.78, 5) is 13.2. The van der Waals surface area contributed by atoms with Crippen LogP contribution in [0.25, 0.3) is 0 Å². The maximum absolute atomic E-state index is 11.2. The summed E-state index contributed by atoms with van der Waals surface area (Å²) in [5.41, 5.74) is 0.0729. The molecule has 2 heteroatoms. The molecule has 12 heavy (non-hydrogen) atoms. The summed E-state index contributed by atoms with van der Waals surface area (Å²) in [6.07, 6.45) is 2.29. The Morgan fingerprint density at radius 2 is 2.08 bits per heavy atom. The summed E-state index contributed by atoms with van der Waals surface area (Å²) in [7, 11) is 0. The lowest BCUT2D eigenvalue weighted by Crippen LogP contribution is -2.51. The molecule has 0 N–H and O–H groups in total. The molecule has 1 aliphatic rings. The molecule has 1 heterocycles. The van der Waals surface area contributed by atoms with Crippen LogP contribution in [0.4, 0.5) is 0 Å². The van der Waals surface area contributed by atoms with Crippen LogP contribution in [0, 0.1) is 5.92 Å². The van der Waals surface area contributed by atoms with Gasteiger partial charge in [0.15, 0.2) is 0 Å². The van der Waals surface area contributed by atoms with Crippen molar-refractivity contribution in [3.8, 4) is 0 Å². The quantitative estimate of drug-likeness (QED) is 0.543. The number of piperidine rings is 1. The molecular weight excluding hydrogens is 150 g/mol. The second-order valence-corrected chi connectivity index (χ2v) is 4.58. The molecule has 1 saturated heterocycles. The first-order chi connectivity index (χ1) is 5.43. The third-order valence-electron chi connectivity index (χ3n) is 2.80. The molecule has 0 saturated carbocycles. The van der Waals surface area contributed by atoms with Crippen LogP contribution in [0.2, 0.25) is 0 Å². The van der Waals surface area contributed by atoms with Crippen molar-refractivity contribution in [1.82, 2.24) is 4.90 Å². The number of carbonyl (C=O) groups excluding carboxylic acids is 1. The number of hydrogen-bond donors (Lipinski definition) is 0. The zero-order valence-corrected chi connectivity index (χ0v) is 8.55. The van der Waals surface area contributed by atoms with Gasteiger partial charge in [-0.15, -0.1) is 0 Å². The highest BCUT2D eigenvalue weighted by atomic mass is 16.2. The topological polar surface area (TPSA) is 20.3 Å². The van der Waals surface area contributed by atoms with Crippen molar-refractivity contribution in [2.75, 3.05) is 6.54 Å². The third kappa shape index (κ3) is 1.79. The van der Waals surface area contributed by atoms with E-state index < -0.39 is 0 Å². The molecule has 70 valence electrons. The molecule has 0 spiro atoms. The first-order valence-electron chi connectivity index (χ1n) is 4.71. The first-order valence-corrected chi connectivity index (χ1v) is 4.71. The molecule has 1 aliphatic heterocycles. The number of nitrogens with zero attached hydrogens (tertiary/aromatic N) is 1. The molecule has 0 aromatic heterocycles. The predicted octanol–water partition coefficient (Wildman–Crippen LogP) is 2.04. The Kier molecular flexibility index (Phi) is 2.45. The number of amides is 1. The lowest BCUT2D eigenvalue weighted by Gasteiger charge is -2.44. The van der Waals surface area contributed by atoms with Crippen LogP contribution in [-0.2, 0) is 4.79 Å². The van der Waals surface area contributed by atoms with E-state index in [2.05, 4.69) is 20.8 Å². The van der Waals surface area contributed by atoms with E-state index in [0.717, 1.165) is 25.3 Å². The lowest BCUT2D eigenvalue weighted by atomic mass is 9.84. The maximum atomic E-state index is 11.2. The van der Waals surface area contributed by atoms with Crippen molar-refractivity contribution >= 4 is 5.91 Å². The highest BCUT2D eigenvalue weighted by Gasteiger charge is 2.34. The minimum Gasteiger partial charge on any atom is -0.338 e. The zero-order valence-electron chi connectivity index (χ0n) is 8.55. The Morgan fingerprint density at radius 3 is 2.50 bits per heavy atom. The Morgan fingerprint density at radius 1 is 1.50 bits per heavy atom. The Bertz CT molecular complexity index is 186. The van der Waals surface area contributed by atoms with Gasteiger partial charge in [0.2, 0.25) is 5.91 Å². The molecule has 0 radical (unpaired) electrons. The van der Waals surface area contributed by atoms with E-state index in [0.29, 0.717) is 0 Å². The molecular formula is C10H19NO. The van der Waals surface area contributed by atoms with E-state index in [1.807, 2.05) is 4.90 Å². The second kappa shape index (κ2) is 3.08. The van der Waals surface area contributed by atoms with Crippen LogP contribution in [0.1, 0.15) is 40.5 Å². The van der Waals surface area contributed by atoms with Gasteiger partial charge in [-0.25, -0.2) is 0 Å². The van der Waals surface area contributed by atoms with Gasteiger partial charge in [0.25, 0.3) is 0 Å². The summed E-state index contributed by atoms with van der Waals surface area (Å²) in [6.45, 7) is 9.18. The number of hydrogen-bond acceptors (Lipinski definition) is 1. The van der Waals surface area contributed by atoms with Crippen molar-refractivity contribution in [3.63, 3.8) is 0 Å². The van der Waals surface area contributed by atoms with Crippen LogP contribution >= 0.6 is 0 Å². The first kappa shape index (κ1) is 9.56. The molecule has 0 bridgehead atoms. The monoisotopic (exact) mass is 169 g/mol. The average molecular weight is 169 g/mol. The summed E-state index contributed by atoms with van der Waals surface area (Å²) >= 11 is 0. The van der Waals surface area contributed by atoms with Crippen LogP contribution in [-0.4, -0.2) is 22.9 Å². The lowest BCUT2D eigenvalue weighted by molar-refractivity contribution is -0.136. The predicted molar refractivity (Wildman–Crippen MR) is 49.9 cm³/mol. The van der Waals surface area contributed by atoms with E-state index >= 15 is 0 Å². The SMILES string of the molecule is CC(=O)N1CC[C@@H](C)CC1(C)C. The summed E-state index contributed by atoms with van der Waals surface area (Å²) < 4.78 is 0. The molecule has 1 fully saturated rings. The van der Waals surface area contributed by atoms with E-state index in [9.17, 15) is 4.79 Å². The fourth-order valence-electron chi connectivity index (χ4n) is 2.30. The van der Waals surface area contributed by atoms with E-state index in [1.165, 1.54) is 0 Å². The molecule has 1 amide bonds. The zero-order chi connectivity index (χ0) is 9.35. The van der Waals surface area contributed by atoms with Crippen LogP contribution in [0.15, 0.2) is 0 Å². The molecule has 0 unspecified atom stereocenters. The molecule has 2 nitrogen and oxygen atoms in total. The highest BCUT2D eigenvalue weighted by molar-refractivity contribution is 5.74. The van der Waals surface area contributed by atoms with Gasteiger partial charge in [-0.05, 0) is 32.6 Å². The van der Waals surface area contributed by atoms with Gasteiger partial charge in [0, 0.05) is 19.0 Å². The molecule has 1 atom stereocenters. The van der Waals surface area contributed by atoms with Crippen molar-refractivity contribution in [2.45, 2.75) is 46.1 Å². The number of rotatable bonds is 0. The van der Waals surface area contributed by atoms with Gasteiger partial charge in [0.05, 0.1) is 0 Å². The van der Waals surface area contributed by atoms with Crippen LogP contribution in [0.3, 0.4) is 0 Å². The third-order valence-corrected chi connectivity index (χ3v) is 2.80. The van der Waals surface area contributed by atoms with Gasteiger partial charge < -0.3 is 4.90 Å². The fourth-order valence-corrected chi connectivity index (χ4v) is 2.30. The molecule has 0 aromatic carbocycles. The van der Waals surface area contributed by atoms with E-state index in [4.69, 9.17) is 0 Å². The summed E-state index contributed by atoms with van der Waals surface area (Å²) in [5, 5.41) is 0. The van der Waals surface area contributed by atoms with Gasteiger partial charge in [-0.3, -0.25) is 4.79 Å². The second-order valence-electron chi connectivity index (χ2n) is 4.58. The highest BCUT2D eigenvalue weighted by Crippen LogP contribution is 2.30. The summed E-state index contributed by atoms with van der Waals surface area (Å²) in [5.74, 6) is 0.975. The maximum Gasteiger partial charge on any atom is 0.219 e. The minimum absolute atomic E-state index is 0.0729. The van der Waals surface area contributed by atoms with Gasteiger partial charge >= 0.3 is 0 Å². The van der Waals surface area contributed by atoms with Crippen molar-refractivity contribution in [1.29, 1.82) is 0 Å². The van der Waals surface area contributed by atoms with Gasteiger partial charge in [-0.1, -0.05) is 6.92 Å². The van der Waals surface area contributed by atoms with E-state index in [-0.39, 0.29) is 11.4 Å². The van der Waals surface area contributed by atoms with Gasteiger partial charge in [0.1, 0.15) is 0 Å². The van der Waals surface area contributed by atoms with Crippen molar-refractivity contribution < 1.29 is 4.79 Å². The van der Waals surface area contributed by atoms with Gasteiger partial charge in [-0.2, -0.15) is 0 Å². The summed E-state index contributed by atoms with van der Waals surface area (Å²) in [6, 6.07) is 0. The number of carbonyl (C=O) groups is 1. The van der Waals surface area contributed by atoms with Crippen LogP contribution < -0.4 is 0 Å². The standard InChI is InChI=1S/C10H19NO/c1-8-5-6-11(9(2)12)10(3,4)7-8/h8H,5-7H2,1-4H3/t8-/m1/s1. The molecule has 1 rings (SSSR count). The normalized spacial score (nSPS) is 28.7. The number of likely N-dealkylation sites (tertiary alicyclic amines) is 1. The van der Waals surface area contributed by atoms with E-state index in [1.54, 1.807) is 6.92 Å². The Balaban J connectivity index is 2.70. The average Bonchev–Trinajstić information content (AvgIpc) is 1.82.